The number of amides is 2. The number of carbonyl (C=O) groups excluding carboxylic acids is 2. The summed E-state index contributed by atoms with van der Waals surface area (Å²) in [6.07, 6.45) is -10.1. The van der Waals surface area contributed by atoms with Crippen molar-refractivity contribution in [3.63, 3.8) is 0 Å². The van der Waals surface area contributed by atoms with Gasteiger partial charge >= 0.3 is 12.4 Å². The number of anilines is 2. The number of alkyl halides is 6. The number of rotatable bonds is 9. The first-order chi connectivity index (χ1) is 19.7. The molecule has 2 N–H and O–H groups in total. The molecule has 0 saturated carbocycles. The zero-order valence-electron chi connectivity index (χ0n) is 21.4. The molecule has 0 unspecified atom stereocenters. The number of aromatic nitrogens is 4. The Bertz CT molecular complexity index is 1490. The van der Waals surface area contributed by atoms with Crippen molar-refractivity contribution in [2.45, 2.75) is 34.9 Å². The summed E-state index contributed by atoms with van der Waals surface area (Å²) in [5.74, 6) is -1.60. The van der Waals surface area contributed by atoms with Crippen LogP contribution in [-0.4, -0.2) is 43.7 Å². The number of hydrogen-bond acceptors (Lipinski definition) is 10. The standard InChI is InChI=1S/C24H18F6N6O2S4/c1-11-33-35-21(41-11)39-9-19(37)31-13-3-5-15(17(7-13)23(25,26)27)16-6-4-14(8-18(16)24(28,29)30)32-20(38)10-40-22-36-34-12(2)42-22/h3-8H,9-10H2,1-2H3,(H,31,37)(H,32,38). The highest BCUT2D eigenvalue weighted by Gasteiger charge is 2.39. The minimum Gasteiger partial charge on any atom is -0.325 e. The zero-order valence-corrected chi connectivity index (χ0v) is 24.7. The van der Waals surface area contributed by atoms with Crippen LogP contribution in [0.1, 0.15) is 21.1 Å². The first-order valence-corrected chi connectivity index (χ1v) is 15.2. The molecular formula is C24H18F6N6O2S4. The SMILES string of the molecule is Cc1nnc(SCC(=O)Nc2ccc(-c3ccc(NC(=O)CSc4nnc(C)s4)cc3C(F)(F)F)c(C(F)(F)F)c2)s1. The molecule has 18 heteroatoms. The molecule has 0 fully saturated rings. The molecule has 2 heterocycles. The first kappa shape index (κ1) is 31.7. The monoisotopic (exact) mass is 664 g/mol. The summed E-state index contributed by atoms with van der Waals surface area (Å²) in [7, 11) is 0. The minimum atomic E-state index is -5.05. The van der Waals surface area contributed by atoms with Crippen LogP contribution in [0.15, 0.2) is 45.1 Å². The average Bonchev–Trinajstić information content (AvgIpc) is 3.52. The largest absolute Gasteiger partial charge is 0.417 e. The maximum atomic E-state index is 14.0. The third-order valence-corrected chi connectivity index (χ3v) is 9.12. The first-order valence-electron chi connectivity index (χ1n) is 11.6. The Morgan fingerprint density at radius 2 is 1.07 bits per heavy atom. The number of halogens is 6. The van der Waals surface area contributed by atoms with E-state index in [1.54, 1.807) is 13.8 Å². The van der Waals surface area contributed by atoms with Crippen molar-refractivity contribution < 1.29 is 35.9 Å². The van der Waals surface area contributed by atoms with Gasteiger partial charge in [-0.15, -0.1) is 20.4 Å². The van der Waals surface area contributed by atoms with Gasteiger partial charge in [-0.2, -0.15) is 26.3 Å². The van der Waals surface area contributed by atoms with E-state index in [1.807, 2.05) is 0 Å². The Balaban J connectivity index is 1.56. The van der Waals surface area contributed by atoms with Crippen LogP contribution >= 0.6 is 46.2 Å². The molecule has 0 saturated heterocycles. The third kappa shape index (κ3) is 8.42. The van der Waals surface area contributed by atoms with E-state index in [-0.39, 0.29) is 22.9 Å². The van der Waals surface area contributed by atoms with Crippen LogP contribution in [0.3, 0.4) is 0 Å². The van der Waals surface area contributed by atoms with Crippen LogP contribution < -0.4 is 10.6 Å². The second-order valence-electron chi connectivity index (χ2n) is 8.36. The molecular weight excluding hydrogens is 647 g/mol. The average molecular weight is 665 g/mol. The lowest BCUT2D eigenvalue weighted by molar-refractivity contribution is -0.139. The molecule has 222 valence electrons. The number of nitrogens with one attached hydrogen (secondary N) is 2. The lowest BCUT2D eigenvalue weighted by Gasteiger charge is -2.19. The highest BCUT2D eigenvalue weighted by atomic mass is 32.2. The van der Waals surface area contributed by atoms with E-state index in [9.17, 15) is 35.9 Å². The van der Waals surface area contributed by atoms with E-state index in [0.717, 1.165) is 47.8 Å². The quantitative estimate of drug-likeness (QED) is 0.143. The van der Waals surface area contributed by atoms with Gasteiger partial charge in [-0.3, -0.25) is 9.59 Å². The molecule has 0 radical (unpaired) electrons. The topological polar surface area (TPSA) is 110 Å². The number of aryl methyl sites for hydroxylation is 2. The van der Waals surface area contributed by atoms with Crippen molar-refractivity contribution in [2.24, 2.45) is 0 Å². The molecule has 0 bridgehead atoms. The summed E-state index contributed by atoms with van der Waals surface area (Å²) in [4.78, 5) is 24.6. The van der Waals surface area contributed by atoms with Gasteiger partial charge in [-0.05, 0) is 49.2 Å². The predicted molar refractivity (Wildman–Crippen MR) is 150 cm³/mol. The number of carbonyl (C=O) groups is 2. The van der Waals surface area contributed by atoms with Crippen LogP contribution in [0.2, 0.25) is 0 Å². The normalized spacial score (nSPS) is 11.9. The summed E-state index contributed by atoms with van der Waals surface area (Å²) in [5, 5.41) is 21.3. The zero-order chi connectivity index (χ0) is 30.7. The van der Waals surface area contributed by atoms with Gasteiger partial charge in [-0.25, -0.2) is 0 Å². The van der Waals surface area contributed by atoms with Gasteiger partial charge in [0.15, 0.2) is 8.68 Å². The fourth-order valence-corrected chi connectivity index (χ4v) is 6.74. The molecule has 2 aromatic carbocycles. The Morgan fingerprint density at radius 1 is 0.690 bits per heavy atom. The number of hydrogen-bond donors (Lipinski definition) is 2. The molecule has 0 spiro atoms. The van der Waals surface area contributed by atoms with Crippen molar-refractivity contribution in [3.05, 3.63) is 57.5 Å². The molecule has 0 atom stereocenters. The number of thioether (sulfide) groups is 2. The minimum absolute atomic E-state index is 0.165. The van der Waals surface area contributed by atoms with E-state index in [1.165, 1.54) is 22.7 Å². The van der Waals surface area contributed by atoms with Gasteiger partial charge < -0.3 is 10.6 Å². The van der Waals surface area contributed by atoms with Crippen LogP contribution in [-0.2, 0) is 21.9 Å². The number of nitrogens with zero attached hydrogens (tertiary/aromatic N) is 4. The predicted octanol–water partition coefficient (Wildman–Crippen LogP) is 7.17. The second-order valence-corrected chi connectivity index (χ2v) is 13.2. The molecule has 0 aliphatic carbocycles. The highest BCUT2D eigenvalue weighted by Crippen LogP contribution is 2.44. The lowest BCUT2D eigenvalue weighted by Crippen LogP contribution is -2.17. The van der Waals surface area contributed by atoms with Gasteiger partial charge in [0.05, 0.1) is 22.6 Å². The molecule has 2 aromatic heterocycles. The van der Waals surface area contributed by atoms with E-state index in [2.05, 4.69) is 31.0 Å². The Labute approximate surface area is 250 Å². The summed E-state index contributed by atoms with van der Waals surface area (Å²) in [6, 6.07) is 5.06. The Morgan fingerprint density at radius 3 is 1.38 bits per heavy atom. The molecule has 0 aliphatic heterocycles. The maximum Gasteiger partial charge on any atom is 0.417 e. The second kappa shape index (κ2) is 13.0. The summed E-state index contributed by atoms with van der Waals surface area (Å²) < 4.78 is 85.3. The van der Waals surface area contributed by atoms with Crippen molar-refractivity contribution in [3.8, 4) is 11.1 Å². The van der Waals surface area contributed by atoms with Crippen molar-refractivity contribution >= 4 is 69.4 Å². The molecule has 8 nitrogen and oxygen atoms in total. The Hall–Kier alpha value is -3.22. The van der Waals surface area contributed by atoms with Gasteiger partial charge in [0.2, 0.25) is 11.8 Å². The third-order valence-electron chi connectivity index (χ3n) is 5.18. The van der Waals surface area contributed by atoms with Gasteiger partial charge in [0.1, 0.15) is 10.0 Å². The van der Waals surface area contributed by atoms with Gasteiger partial charge in [-0.1, -0.05) is 58.3 Å². The van der Waals surface area contributed by atoms with Gasteiger partial charge in [0.25, 0.3) is 0 Å². The summed E-state index contributed by atoms with van der Waals surface area (Å²) >= 11 is 4.57. The van der Waals surface area contributed by atoms with Crippen molar-refractivity contribution in [2.75, 3.05) is 22.1 Å². The van der Waals surface area contributed by atoms with E-state index >= 15 is 0 Å². The fourth-order valence-electron chi connectivity index (χ4n) is 3.51. The highest BCUT2D eigenvalue weighted by molar-refractivity contribution is 8.01. The Kier molecular flexibility index (Phi) is 9.79. The molecule has 2 amide bonds. The van der Waals surface area contributed by atoms with Crippen LogP contribution in [0.5, 0.6) is 0 Å². The molecule has 4 aromatic rings. The van der Waals surface area contributed by atoms with E-state index in [4.69, 9.17) is 0 Å². The maximum absolute atomic E-state index is 14.0. The summed E-state index contributed by atoms with van der Waals surface area (Å²) in [6.45, 7) is 3.44. The lowest BCUT2D eigenvalue weighted by atomic mass is 9.93. The van der Waals surface area contributed by atoms with E-state index < -0.39 is 46.4 Å². The molecule has 4 rings (SSSR count). The number of benzene rings is 2. The molecule has 0 aliphatic rings. The fraction of sp³-hybridized carbons (Fsp3) is 0.250. The van der Waals surface area contributed by atoms with Crippen molar-refractivity contribution in [1.82, 2.24) is 20.4 Å². The van der Waals surface area contributed by atoms with Gasteiger partial charge in [0, 0.05) is 11.4 Å². The van der Waals surface area contributed by atoms with Crippen LogP contribution in [0.4, 0.5) is 37.7 Å². The van der Waals surface area contributed by atoms with Crippen LogP contribution in [0.25, 0.3) is 11.1 Å². The van der Waals surface area contributed by atoms with Crippen molar-refractivity contribution in [1.29, 1.82) is 0 Å². The summed E-state index contributed by atoms with van der Waals surface area (Å²) in [5.41, 5.74) is -4.73. The van der Waals surface area contributed by atoms with E-state index in [0.29, 0.717) is 30.8 Å². The molecule has 42 heavy (non-hydrogen) atoms. The van der Waals surface area contributed by atoms with Crippen LogP contribution in [0, 0.1) is 13.8 Å². The smallest absolute Gasteiger partial charge is 0.325 e.